The SMILES string of the molecule is CC(C)(C)OCNC[C@@H](O)CNCc1ccc(-c2ccccn2)cc1. The van der Waals surface area contributed by atoms with E-state index in [1.165, 1.54) is 5.56 Å². The summed E-state index contributed by atoms with van der Waals surface area (Å²) in [6.07, 6.45) is 1.35. The Kier molecular flexibility index (Phi) is 7.52. The van der Waals surface area contributed by atoms with Crippen molar-refractivity contribution in [2.24, 2.45) is 0 Å². The van der Waals surface area contributed by atoms with Gasteiger partial charge in [0.05, 0.1) is 24.1 Å². The van der Waals surface area contributed by atoms with Crippen LogP contribution in [0.1, 0.15) is 26.3 Å². The zero-order valence-corrected chi connectivity index (χ0v) is 15.3. The molecule has 5 nitrogen and oxygen atoms in total. The molecule has 0 saturated carbocycles. The normalized spacial score (nSPS) is 13.0. The van der Waals surface area contributed by atoms with Crippen molar-refractivity contribution in [2.45, 2.75) is 39.0 Å². The fourth-order valence-electron chi connectivity index (χ4n) is 2.28. The molecule has 5 heteroatoms. The number of rotatable bonds is 9. The van der Waals surface area contributed by atoms with E-state index in [1.807, 2.05) is 39.0 Å². The summed E-state index contributed by atoms with van der Waals surface area (Å²) in [5.74, 6) is 0. The van der Waals surface area contributed by atoms with Crippen molar-refractivity contribution in [1.82, 2.24) is 15.6 Å². The van der Waals surface area contributed by atoms with Gasteiger partial charge in [0.15, 0.2) is 0 Å². The van der Waals surface area contributed by atoms with E-state index in [9.17, 15) is 5.11 Å². The standard InChI is InChI=1S/C20H29N3O2/c1-20(2,3)25-15-22-14-18(24)13-21-12-16-7-9-17(10-8-16)19-6-4-5-11-23-19/h4-11,18,21-22,24H,12-15H2,1-3H3/t18-/m0/s1. The van der Waals surface area contributed by atoms with Gasteiger partial charge in [-0.3, -0.25) is 10.3 Å². The highest BCUT2D eigenvalue weighted by molar-refractivity contribution is 5.58. The molecule has 3 N–H and O–H groups in total. The number of ether oxygens (including phenoxy) is 1. The summed E-state index contributed by atoms with van der Waals surface area (Å²) in [4.78, 5) is 4.35. The van der Waals surface area contributed by atoms with Gasteiger partial charge in [-0.1, -0.05) is 30.3 Å². The first-order valence-electron chi connectivity index (χ1n) is 8.68. The van der Waals surface area contributed by atoms with Gasteiger partial charge >= 0.3 is 0 Å². The number of benzene rings is 1. The van der Waals surface area contributed by atoms with Crippen molar-refractivity contribution in [3.05, 3.63) is 54.2 Å². The fraction of sp³-hybridized carbons (Fsp3) is 0.450. The van der Waals surface area contributed by atoms with E-state index in [-0.39, 0.29) is 5.60 Å². The van der Waals surface area contributed by atoms with Crippen LogP contribution in [-0.2, 0) is 11.3 Å². The summed E-state index contributed by atoms with van der Waals surface area (Å²) in [6, 6.07) is 14.2. The Bertz CT molecular complexity index is 609. The Labute approximate surface area is 150 Å². The third-order valence-electron chi connectivity index (χ3n) is 3.61. The molecule has 136 valence electrons. The Morgan fingerprint density at radius 2 is 1.76 bits per heavy atom. The molecule has 0 aliphatic carbocycles. The Morgan fingerprint density at radius 1 is 1.04 bits per heavy atom. The lowest BCUT2D eigenvalue weighted by molar-refractivity contribution is -0.0169. The third-order valence-corrected chi connectivity index (χ3v) is 3.61. The average molecular weight is 343 g/mol. The van der Waals surface area contributed by atoms with Crippen LogP contribution in [-0.4, -0.2) is 41.6 Å². The number of hydrogen-bond acceptors (Lipinski definition) is 5. The third kappa shape index (κ3) is 7.75. The van der Waals surface area contributed by atoms with Crippen LogP contribution < -0.4 is 10.6 Å². The molecule has 2 rings (SSSR count). The molecule has 2 aromatic rings. The smallest absolute Gasteiger partial charge is 0.0973 e. The highest BCUT2D eigenvalue weighted by Gasteiger charge is 2.10. The van der Waals surface area contributed by atoms with Gasteiger partial charge in [0, 0.05) is 31.4 Å². The van der Waals surface area contributed by atoms with E-state index >= 15 is 0 Å². The van der Waals surface area contributed by atoms with Gasteiger partial charge in [-0.2, -0.15) is 0 Å². The monoisotopic (exact) mass is 343 g/mol. The molecule has 0 aliphatic rings. The summed E-state index contributed by atoms with van der Waals surface area (Å²) in [7, 11) is 0. The first kappa shape index (κ1) is 19.5. The highest BCUT2D eigenvalue weighted by atomic mass is 16.5. The minimum atomic E-state index is -0.448. The molecule has 0 aliphatic heterocycles. The summed E-state index contributed by atoms with van der Waals surface area (Å²) in [5.41, 5.74) is 3.08. The van der Waals surface area contributed by atoms with Gasteiger partial charge in [-0.25, -0.2) is 0 Å². The molecule has 1 aromatic heterocycles. The van der Waals surface area contributed by atoms with E-state index in [0.29, 0.717) is 19.8 Å². The highest BCUT2D eigenvalue weighted by Crippen LogP contribution is 2.16. The second-order valence-corrected chi connectivity index (χ2v) is 7.05. The van der Waals surface area contributed by atoms with Gasteiger partial charge in [0.2, 0.25) is 0 Å². The summed E-state index contributed by atoms with van der Waals surface area (Å²) < 4.78 is 5.55. The van der Waals surface area contributed by atoms with Gasteiger partial charge in [-0.15, -0.1) is 0 Å². The number of pyridine rings is 1. The molecule has 1 heterocycles. The molecule has 25 heavy (non-hydrogen) atoms. The van der Waals surface area contributed by atoms with Crippen molar-refractivity contribution in [1.29, 1.82) is 0 Å². The number of hydrogen-bond donors (Lipinski definition) is 3. The zero-order chi connectivity index (χ0) is 18.1. The first-order valence-corrected chi connectivity index (χ1v) is 8.68. The molecule has 0 amide bonds. The largest absolute Gasteiger partial charge is 0.390 e. The molecule has 0 fully saturated rings. The van der Waals surface area contributed by atoms with Gasteiger partial charge in [0.1, 0.15) is 0 Å². The van der Waals surface area contributed by atoms with Crippen LogP contribution in [0.2, 0.25) is 0 Å². The second-order valence-electron chi connectivity index (χ2n) is 7.05. The van der Waals surface area contributed by atoms with Crippen LogP contribution in [0, 0.1) is 0 Å². The maximum atomic E-state index is 9.96. The molecule has 1 atom stereocenters. The average Bonchev–Trinajstić information content (AvgIpc) is 2.59. The van der Waals surface area contributed by atoms with Crippen LogP contribution in [0.4, 0.5) is 0 Å². The molecular formula is C20H29N3O2. The van der Waals surface area contributed by atoms with Crippen LogP contribution in [0.15, 0.2) is 48.7 Å². The summed E-state index contributed by atoms with van der Waals surface area (Å²) >= 11 is 0. The summed E-state index contributed by atoms with van der Waals surface area (Å²) in [6.45, 7) is 8.21. The predicted molar refractivity (Wildman–Crippen MR) is 101 cm³/mol. The maximum Gasteiger partial charge on any atom is 0.0973 e. The number of aromatic nitrogens is 1. The molecule has 0 saturated heterocycles. The molecule has 0 spiro atoms. The number of nitrogens with zero attached hydrogens (tertiary/aromatic N) is 1. The lowest BCUT2D eigenvalue weighted by Crippen LogP contribution is -2.37. The maximum absolute atomic E-state index is 9.96. The van der Waals surface area contributed by atoms with E-state index in [1.54, 1.807) is 6.20 Å². The van der Waals surface area contributed by atoms with E-state index in [0.717, 1.165) is 17.8 Å². The van der Waals surface area contributed by atoms with E-state index in [4.69, 9.17) is 4.74 Å². The molecule has 0 unspecified atom stereocenters. The second kappa shape index (κ2) is 9.63. The Hall–Kier alpha value is -1.79. The van der Waals surface area contributed by atoms with Crippen LogP contribution in [0.25, 0.3) is 11.3 Å². The van der Waals surface area contributed by atoms with Gasteiger partial charge in [-0.05, 0) is 38.5 Å². The minimum absolute atomic E-state index is 0.169. The van der Waals surface area contributed by atoms with Gasteiger partial charge in [0.25, 0.3) is 0 Å². The van der Waals surface area contributed by atoms with Crippen molar-refractivity contribution in [2.75, 3.05) is 19.8 Å². The molecule has 0 bridgehead atoms. The van der Waals surface area contributed by atoms with Crippen LogP contribution >= 0.6 is 0 Å². The van der Waals surface area contributed by atoms with Crippen molar-refractivity contribution >= 4 is 0 Å². The molecule has 0 radical (unpaired) electrons. The van der Waals surface area contributed by atoms with Crippen LogP contribution in [0.3, 0.4) is 0 Å². The van der Waals surface area contributed by atoms with Crippen molar-refractivity contribution in [3.63, 3.8) is 0 Å². The van der Waals surface area contributed by atoms with Crippen molar-refractivity contribution < 1.29 is 9.84 Å². The first-order chi connectivity index (χ1) is 11.9. The lowest BCUT2D eigenvalue weighted by Gasteiger charge is -2.20. The predicted octanol–water partition coefficient (Wildman–Crippen LogP) is 2.56. The number of aliphatic hydroxyl groups excluding tert-OH is 1. The minimum Gasteiger partial charge on any atom is -0.390 e. The van der Waals surface area contributed by atoms with E-state index in [2.05, 4.69) is 39.9 Å². The Balaban J connectivity index is 1.66. The topological polar surface area (TPSA) is 66.4 Å². The zero-order valence-electron chi connectivity index (χ0n) is 15.3. The lowest BCUT2D eigenvalue weighted by atomic mass is 10.1. The Morgan fingerprint density at radius 3 is 2.40 bits per heavy atom. The van der Waals surface area contributed by atoms with Crippen LogP contribution in [0.5, 0.6) is 0 Å². The van der Waals surface area contributed by atoms with Gasteiger partial charge < -0.3 is 15.2 Å². The quantitative estimate of drug-likeness (QED) is 0.482. The fourth-order valence-corrected chi connectivity index (χ4v) is 2.28. The molecular weight excluding hydrogens is 314 g/mol. The van der Waals surface area contributed by atoms with Crippen molar-refractivity contribution in [3.8, 4) is 11.3 Å². The summed E-state index contributed by atoms with van der Waals surface area (Å²) in [5, 5.41) is 16.3. The molecule has 1 aromatic carbocycles. The van der Waals surface area contributed by atoms with E-state index < -0.39 is 6.10 Å². The number of nitrogens with one attached hydrogen (secondary N) is 2. The number of aliphatic hydroxyl groups is 1.